The smallest absolute Gasteiger partial charge is 0.338 e. The third kappa shape index (κ3) is 6.65. The van der Waals surface area contributed by atoms with E-state index < -0.39 is 5.97 Å². The minimum Gasteiger partial charge on any atom is -0.423 e. The van der Waals surface area contributed by atoms with Crippen molar-refractivity contribution < 1.29 is 23.9 Å². The van der Waals surface area contributed by atoms with Gasteiger partial charge < -0.3 is 4.74 Å². The lowest BCUT2D eigenvalue weighted by molar-refractivity contribution is -0.134. The summed E-state index contributed by atoms with van der Waals surface area (Å²) in [5.41, 5.74) is 1.50. The van der Waals surface area contributed by atoms with E-state index in [0.29, 0.717) is 22.4 Å². The zero-order valence-electron chi connectivity index (χ0n) is 14.9. The van der Waals surface area contributed by atoms with Gasteiger partial charge in [-0.15, -0.1) is 0 Å². The molecule has 0 aromatic heterocycles. The summed E-state index contributed by atoms with van der Waals surface area (Å²) in [4.78, 5) is 43.1. The van der Waals surface area contributed by atoms with Crippen molar-refractivity contribution in [2.45, 2.75) is 20.8 Å². The fraction of sp³-hybridized carbons (Fsp3) is 0.143. The van der Waals surface area contributed by atoms with Crippen LogP contribution in [0.3, 0.4) is 0 Å². The molecule has 0 spiro atoms. The van der Waals surface area contributed by atoms with Gasteiger partial charge in [-0.2, -0.15) is 0 Å². The van der Waals surface area contributed by atoms with Crippen LogP contribution in [0.15, 0.2) is 66.7 Å². The Labute approximate surface area is 152 Å². The molecule has 0 heterocycles. The summed E-state index contributed by atoms with van der Waals surface area (Å²) in [6.07, 6.45) is 0. The molecule has 2 aromatic rings. The van der Waals surface area contributed by atoms with E-state index in [1.165, 1.54) is 13.8 Å². The Kier molecular flexibility index (Phi) is 7.83. The fourth-order valence-corrected chi connectivity index (χ4v) is 1.62. The van der Waals surface area contributed by atoms with Crippen molar-refractivity contribution in [2.24, 2.45) is 0 Å². The largest absolute Gasteiger partial charge is 0.423 e. The number of rotatable bonds is 5. The van der Waals surface area contributed by atoms with E-state index in [4.69, 9.17) is 4.74 Å². The Morgan fingerprint density at radius 3 is 1.62 bits per heavy atom. The van der Waals surface area contributed by atoms with E-state index in [-0.39, 0.29) is 17.3 Å². The Morgan fingerprint density at radius 2 is 1.19 bits per heavy atom. The average Bonchev–Trinajstić information content (AvgIpc) is 2.62. The lowest BCUT2D eigenvalue weighted by Crippen LogP contribution is -2.08. The molecule has 2 rings (SSSR count). The SMILES string of the molecule is C=C(C)C(=O)Oc1ccc(C(=O)c2ccccc2)cc1.CC(=O)C(C)=O. The van der Waals surface area contributed by atoms with E-state index in [1.54, 1.807) is 43.3 Å². The van der Waals surface area contributed by atoms with Gasteiger partial charge in [-0.3, -0.25) is 14.4 Å². The van der Waals surface area contributed by atoms with Crippen molar-refractivity contribution in [3.8, 4) is 5.75 Å². The molecule has 26 heavy (non-hydrogen) atoms. The molecular weight excluding hydrogens is 332 g/mol. The van der Waals surface area contributed by atoms with Crippen LogP contribution >= 0.6 is 0 Å². The Morgan fingerprint density at radius 1 is 0.731 bits per heavy atom. The first-order valence-corrected chi connectivity index (χ1v) is 7.81. The highest BCUT2D eigenvalue weighted by Gasteiger charge is 2.10. The number of carbonyl (C=O) groups excluding carboxylic acids is 4. The second-order valence-corrected chi connectivity index (χ2v) is 5.50. The van der Waals surface area contributed by atoms with Gasteiger partial charge in [0.1, 0.15) is 5.75 Å². The van der Waals surface area contributed by atoms with Crippen molar-refractivity contribution in [3.05, 3.63) is 77.9 Å². The van der Waals surface area contributed by atoms with Crippen LogP contribution in [-0.4, -0.2) is 23.3 Å². The van der Waals surface area contributed by atoms with E-state index in [1.807, 2.05) is 18.2 Å². The van der Waals surface area contributed by atoms with Crippen LogP contribution in [0.1, 0.15) is 36.7 Å². The molecule has 0 radical (unpaired) electrons. The van der Waals surface area contributed by atoms with Gasteiger partial charge in [-0.25, -0.2) is 4.79 Å². The first-order chi connectivity index (χ1) is 12.2. The molecule has 0 saturated heterocycles. The number of esters is 1. The summed E-state index contributed by atoms with van der Waals surface area (Å²) in [7, 11) is 0. The van der Waals surface area contributed by atoms with Crippen molar-refractivity contribution in [1.82, 2.24) is 0 Å². The topological polar surface area (TPSA) is 77.5 Å². The van der Waals surface area contributed by atoms with Crippen LogP contribution in [0.25, 0.3) is 0 Å². The van der Waals surface area contributed by atoms with Gasteiger partial charge in [-0.05, 0) is 31.2 Å². The molecule has 0 aliphatic heterocycles. The van der Waals surface area contributed by atoms with Crippen LogP contribution in [0.2, 0.25) is 0 Å². The predicted octanol–water partition coefficient (Wildman–Crippen LogP) is 3.56. The first kappa shape index (κ1) is 20.7. The van der Waals surface area contributed by atoms with E-state index in [2.05, 4.69) is 6.58 Å². The maximum absolute atomic E-state index is 12.2. The number of ketones is 3. The van der Waals surface area contributed by atoms with Gasteiger partial charge >= 0.3 is 5.97 Å². The molecule has 134 valence electrons. The summed E-state index contributed by atoms with van der Waals surface area (Å²) in [5, 5.41) is 0. The maximum Gasteiger partial charge on any atom is 0.338 e. The van der Waals surface area contributed by atoms with E-state index in [0.717, 1.165) is 0 Å². The summed E-state index contributed by atoms with van der Waals surface area (Å²) >= 11 is 0. The third-order valence-electron chi connectivity index (χ3n) is 3.21. The Balaban J connectivity index is 0.000000487. The summed E-state index contributed by atoms with van der Waals surface area (Å²) in [5.74, 6) is -0.914. The molecule has 0 saturated carbocycles. The number of hydrogen-bond donors (Lipinski definition) is 0. The maximum atomic E-state index is 12.2. The molecule has 0 aliphatic carbocycles. The van der Waals surface area contributed by atoms with Crippen molar-refractivity contribution in [1.29, 1.82) is 0 Å². The Bertz CT molecular complexity index is 805. The lowest BCUT2D eigenvalue weighted by atomic mass is 10.0. The van der Waals surface area contributed by atoms with Crippen molar-refractivity contribution >= 4 is 23.3 Å². The van der Waals surface area contributed by atoms with Gasteiger partial charge in [0.2, 0.25) is 0 Å². The second-order valence-electron chi connectivity index (χ2n) is 5.50. The second kappa shape index (κ2) is 9.84. The zero-order chi connectivity index (χ0) is 19.7. The van der Waals surface area contributed by atoms with Crippen molar-refractivity contribution in [2.75, 3.05) is 0 Å². The summed E-state index contributed by atoms with van der Waals surface area (Å²) in [6, 6.07) is 15.5. The molecule has 0 amide bonds. The minimum atomic E-state index is -0.480. The van der Waals surface area contributed by atoms with Gasteiger partial charge in [0.25, 0.3) is 0 Å². The molecule has 0 unspecified atom stereocenters. The predicted molar refractivity (Wildman–Crippen MR) is 98.1 cm³/mol. The molecular formula is C21H20O5. The number of Topliss-reactive ketones (excluding diaryl/α,β-unsaturated/α-hetero) is 2. The quantitative estimate of drug-likeness (QED) is 0.270. The van der Waals surface area contributed by atoms with Crippen molar-refractivity contribution in [3.63, 3.8) is 0 Å². The average molecular weight is 352 g/mol. The molecule has 0 fully saturated rings. The summed E-state index contributed by atoms with van der Waals surface area (Å²) < 4.78 is 5.07. The van der Waals surface area contributed by atoms with E-state index >= 15 is 0 Å². The van der Waals surface area contributed by atoms with Crippen LogP contribution in [0, 0.1) is 0 Å². The number of carbonyl (C=O) groups is 4. The Hall–Kier alpha value is -3.34. The molecule has 2 aromatic carbocycles. The van der Waals surface area contributed by atoms with Gasteiger partial charge in [0, 0.05) is 30.5 Å². The normalized spacial score (nSPS) is 9.35. The highest BCUT2D eigenvalue weighted by atomic mass is 16.5. The summed E-state index contributed by atoms with van der Waals surface area (Å²) in [6.45, 7) is 7.59. The molecule has 0 bridgehead atoms. The van der Waals surface area contributed by atoms with E-state index in [9.17, 15) is 19.2 Å². The highest BCUT2D eigenvalue weighted by Crippen LogP contribution is 2.16. The molecule has 5 nitrogen and oxygen atoms in total. The van der Waals surface area contributed by atoms with Crippen LogP contribution in [0.5, 0.6) is 5.75 Å². The molecule has 0 atom stereocenters. The highest BCUT2D eigenvalue weighted by molar-refractivity contribution is 6.35. The standard InChI is InChI=1S/C17H14O3.C4H6O2/c1-12(2)17(19)20-15-10-8-14(9-11-15)16(18)13-6-4-3-5-7-13;1-3(5)4(2)6/h3-11H,1H2,2H3;1-2H3. The number of benzene rings is 2. The zero-order valence-corrected chi connectivity index (χ0v) is 14.9. The molecule has 0 aliphatic rings. The molecule has 0 N–H and O–H groups in total. The fourth-order valence-electron chi connectivity index (χ4n) is 1.62. The van der Waals surface area contributed by atoms with Crippen LogP contribution in [-0.2, 0) is 14.4 Å². The lowest BCUT2D eigenvalue weighted by Gasteiger charge is -2.05. The van der Waals surface area contributed by atoms with Gasteiger partial charge in [-0.1, -0.05) is 36.9 Å². The molecule has 5 heteroatoms. The third-order valence-corrected chi connectivity index (χ3v) is 3.21. The van der Waals surface area contributed by atoms with Gasteiger partial charge in [0.05, 0.1) is 0 Å². The number of hydrogen-bond acceptors (Lipinski definition) is 5. The van der Waals surface area contributed by atoms with Crippen LogP contribution in [0.4, 0.5) is 0 Å². The minimum absolute atomic E-state index is 0.0663. The first-order valence-electron chi connectivity index (χ1n) is 7.81. The van der Waals surface area contributed by atoms with Gasteiger partial charge in [0.15, 0.2) is 17.3 Å². The monoisotopic (exact) mass is 352 g/mol. The van der Waals surface area contributed by atoms with Crippen LogP contribution < -0.4 is 4.74 Å². The number of ether oxygens (including phenoxy) is 1.